The highest BCUT2D eigenvalue weighted by Gasteiger charge is 2.09. The Labute approximate surface area is 130 Å². The van der Waals surface area contributed by atoms with E-state index in [1.165, 1.54) is 0 Å². The number of methoxy groups -OCH3 is 2. The zero-order valence-corrected chi connectivity index (χ0v) is 13.9. The first kappa shape index (κ1) is 14.4. The Balaban J connectivity index is 2.40. The first-order valence-electron chi connectivity index (χ1n) is 5.79. The van der Waals surface area contributed by atoms with Crippen LogP contribution in [0.15, 0.2) is 45.3 Å². The number of ether oxygens (including phenoxy) is 2. The summed E-state index contributed by atoms with van der Waals surface area (Å²) < 4.78 is 12.9. The van der Waals surface area contributed by atoms with Gasteiger partial charge in [-0.25, -0.2) is 0 Å². The topological polar surface area (TPSA) is 18.5 Å². The van der Waals surface area contributed by atoms with Crippen molar-refractivity contribution in [2.24, 2.45) is 0 Å². The molecule has 0 atom stereocenters. The smallest absolute Gasteiger partial charge is 0.122 e. The quantitative estimate of drug-likeness (QED) is 0.751. The maximum Gasteiger partial charge on any atom is 0.122 e. The van der Waals surface area contributed by atoms with Crippen molar-refractivity contribution >= 4 is 31.9 Å². The minimum Gasteiger partial charge on any atom is -0.496 e. The SMILES string of the molecule is COc1ccc(Br)cc1Cc1cc(Br)ccc1OC. The first-order chi connectivity index (χ1) is 9.13. The molecule has 0 amide bonds. The molecule has 2 nitrogen and oxygen atoms in total. The second-order valence-electron chi connectivity index (χ2n) is 4.09. The molecule has 2 aromatic rings. The maximum atomic E-state index is 5.40. The summed E-state index contributed by atoms with van der Waals surface area (Å²) in [5.41, 5.74) is 2.24. The Morgan fingerprint density at radius 3 is 1.58 bits per heavy atom. The summed E-state index contributed by atoms with van der Waals surface area (Å²) in [6.45, 7) is 0. The van der Waals surface area contributed by atoms with Gasteiger partial charge in [0.2, 0.25) is 0 Å². The van der Waals surface area contributed by atoms with Gasteiger partial charge in [0.15, 0.2) is 0 Å². The van der Waals surface area contributed by atoms with Gasteiger partial charge in [-0.2, -0.15) is 0 Å². The van der Waals surface area contributed by atoms with Crippen LogP contribution < -0.4 is 9.47 Å². The molecule has 0 bridgehead atoms. The summed E-state index contributed by atoms with van der Waals surface area (Å²) in [5, 5.41) is 0. The van der Waals surface area contributed by atoms with Gasteiger partial charge in [0, 0.05) is 15.4 Å². The van der Waals surface area contributed by atoms with E-state index in [-0.39, 0.29) is 0 Å². The highest BCUT2D eigenvalue weighted by molar-refractivity contribution is 9.10. The zero-order valence-electron chi connectivity index (χ0n) is 10.7. The van der Waals surface area contributed by atoms with Gasteiger partial charge >= 0.3 is 0 Å². The molecule has 0 aliphatic heterocycles. The van der Waals surface area contributed by atoms with E-state index < -0.39 is 0 Å². The van der Waals surface area contributed by atoms with Gasteiger partial charge in [-0.1, -0.05) is 31.9 Å². The predicted molar refractivity (Wildman–Crippen MR) is 84.2 cm³/mol. The molecule has 0 heterocycles. The normalized spacial score (nSPS) is 10.3. The van der Waals surface area contributed by atoms with Crippen LogP contribution in [0.1, 0.15) is 11.1 Å². The summed E-state index contributed by atoms with van der Waals surface area (Å²) in [6.07, 6.45) is 0.755. The third-order valence-electron chi connectivity index (χ3n) is 2.87. The summed E-state index contributed by atoms with van der Waals surface area (Å²) in [4.78, 5) is 0. The molecule has 2 rings (SSSR count). The second-order valence-corrected chi connectivity index (χ2v) is 5.92. The molecule has 0 N–H and O–H groups in total. The summed E-state index contributed by atoms with van der Waals surface area (Å²) in [5.74, 6) is 1.76. The lowest BCUT2D eigenvalue weighted by Gasteiger charge is -2.12. The van der Waals surface area contributed by atoms with Crippen molar-refractivity contribution in [3.05, 3.63) is 56.5 Å². The number of hydrogen-bond acceptors (Lipinski definition) is 2. The Bertz CT molecular complexity index is 531. The Kier molecular flexibility index (Phi) is 4.88. The second kappa shape index (κ2) is 6.44. The predicted octanol–water partition coefficient (Wildman–Crippen LogP) is 4.82. The lowest BCUT2D eigenvalue weighted by molar-refractivity contribution is 0.405. The van der Waals surface area contributed by atoms with Crippen LogP contribution >= 0.6 is 31.9 Å². The van der Waals surface area contributed by atoms with Gasteiger partial charge in [-0.05, 0) is 47.5 Å². The van der Waals surface area contributed by atoms with Crippen LogP contribution in [0.25, 0.3) is 0 Å². The van der Waals surface area contributed by atoms with Gasteiger partial charge < -0.3 is 9.47 Å². The summed E-state index contributed by atoms with van der Waals surface area (Å²) >= 11 is 6.99. The molecule has 0 saturated carbocycles. The number of benzene rings is 2. The molecule has 0 unspecified atom stereocenters. The van der Waals surface area contributed by atoms with Crippen LogP contribution in [0.2, 0.25) is 0 Å². The Morgan fingerprint density at radius 1 is 0.789 bits per heavy atom. The van der Waals surface area contributed by atoms with Gasteiger partial charge in [0.25, 0.3) is 0 Å². The van der Waals surface area contributed by atoms with E-state index in [1.807, 2.05) is 24.3 Å². The van der Waals surface area contributed by atoms with Crippen LogP contribution in [0.3, 0.4) is 0 Å². The number of hydrogen-bond donors (Lipinski definition) is 0. The van der Waals surface area contributed by atoms with Crippen molar-refractivity contribution in [3.8, 4) is 11.5 Å². The van der Waals surface area contributed by atoms with Gasteiger partial charge in [0.1, 0.15) is 11.5 Å². The lowest BCUT2D eigenvalue weighted by atomic mass is 10.0. The molecule has 0 radical (unpaired) electrons. The van der Waals surface area contributed by atoms with Crippen molar-refractivity contribution in [1.29, 1.82) is 0 Å². The molecule has 0 fully saturated rings. The van der Waals surface area contributed by atoms with Crippen molar-refractivity contribution in [1.82, 2.24) is 0 Å². The third-order valence-corrected chi connectivity index (χ3v) is 3.85. The van der Waals surface area contributed by atoms with Gasteiger partial charge in [-0.3, -0.25) is 0 Å². The Hall–Kier alpha value is -1.00. The van der Waals surface area contributed by atoms with Gasteiger partial charge in [0.05, 0.1) is 14.2 Å². The van der Waals surface area contributed by atoms with E-state index in [0.717, 1.165) is 38.0 Å². The van der Waals surface area contributed by atoms with Gasteiger partial charge in [-0.15, -0.1) is 0 Å². The molecule has 0 spiro atoms. The zero-order chi connectivity index (χ0) is 13.8. The van der Waals surface area contributed by atoms with Crippen LogP contribution in [-0.4, -0.2) is 14.2 Å². The molecule has 100 valence electrons. The minimum absolute atomic E-state index is 0.755. The lowest BCUT2D eigenvalue weighted by Crippen LogP contribution is -1.97. The van der Waals surface area contributed by atoms with Crippen LogP contribution in [0.5, 0.6) is 11.5 Å². The van der Waals surface area contributed by atoms with Crippen LogP contribution in [0, 0.1) is 0 Å². The van der Waals surface area contributed by atoms with Crippen LogP contribution in [-0.2, 0) is 6.42 Å². The fraction of sp³-hybridized carbons (Fsp3) is 0.200. The van der Waals surface area contributed by atoms with E-state index in [0.29, 0.717) is 0 Å². The van der Waals surface area contributed by atoms with E-state index >= 15 is 0 Å². The molecule has 19 heavy (non-hydrogen) atoms. The average Bonchev–Trinajstić information content (AvgIpc) is 2.39. The van der Waals surface area contributed by atoms with Crippen molar-refractivity contribution < 1.29 is 9.47 Å². The van der Waals surface area contributed by atoms with Crippen molar-refractivity contribution in [2.75, 3.05) is 14.2 Å². The Morgan fingerprint density at radius 2 is 1.21 bits per heavy atom. The highest BCUT2D eigenvalue weighted by Crippen LogP contribution is 2.30. The van der Waals surface area contributed by atoms with Crippen LogP contribution in [0.4, 0.5) is 0 Å². The van der Waals surface area contributed by atoms with Crippen molar-refractivity contribution in [2.45, 2.75) is 6.42 Å². The molecular weight excluding hydrogens is 372 g/mol. The first-order valence-corrected chi connectivity index (χ1v) is 7.37. The minimum atomic E-state index is 0.755. The summed E-state index contributed by atoms with van der Waals surface area (Å²) in [7, 11) is 3.37. The fourth-order valence-electron chi connectivity index (χ4n) is 1.98. The number of rotatable bonds is 4. The highest BCUT2D eigenvalue weighted by atomic mass is 79.9. The van der Waals surface area contributed by atoms with E-state index in [4.69, 9.17) is 9.47 Å². The molecule has 0 saturated heterocycles. The summed E-state index contributed by atoms with van der Waals surface area (Å²) in [6, 6.07) is 12.0. The largest absolute Gasteiger partial charge is 0.496 e. The monoisotopic (exact) mass is 384 g/mol. The fourth-order valence-corrected chi connectivity index (χ4v) is 2.79. The molecule has 0 aliphatic carbocycles. The maximum absolute atomic E-state index is 5.40. The molecule has 2 aromatic carbocycles. The third kappa shape index (κ3) is 3.51. The standard InChI is InChI=1S/C15H14Br2O2/c1-18-14-5-3-12(16)8-10(14)7-11-9-13(17)4-6-15(11)19-2/h3-6,8-9H,7H2,1-2H3. The number of halogens is 2. The van der Waals surface area contributed by atoms with Crippen molar-refractivity contribution in [3.63, 3.8) is 0 Å². The molecule has 0 aromatic heterocycles. The molecular formula is C15H14Br2O2. The molecule has 0 aliphatic rings. The van der Waals surface area contributed by atoms with E-state index in [9.17, 15) is 0 Å². The van der Waals surface area contributed by atoms with E-state index in [2.05, 4.69) is 44.0 Å². The average molecular weight is 386 g/mol. The molecule has 4 heteroatoms. The van der Waals surface area contributed by atoms with E-state index in [1.54, 1.807) is 14.2 Å².